The highest BCUT2D eigenvalue weighted by molar-refractivity contribution is 5.93. The zero-order valence-corrected chi connectivity index (χ0v) is 11.1. The van der Waals surface area contributed by atoms with Crippen molar-refractivity contribution in [1.82, 2.24) is 4.98 Å². The fourth-order valence-corrected chi connectivity index (χ4v) is 2.23. The van der Waals surface area contributed by atoms with Crippen LogP contribution in [-0.2, 0) is 0 Å². The molecule has 1 aromatic heterocycles. The number of para-hydroxylation sites is 1. The van der Waals surface area contributed by atoms with Gasteiger partial charge in [0.05, 0.1) is 5.52 Å². The van der Waals surface area contributed by atoms with Crippen molar-refractivity contribution in [2.45, 2.75) is 13.8 Å². The second-order valence-electron chi connectivity index (χ2n) is 4.82. The van der Waals surface area contributed by atoms with Crippen LogP contribution in [0.3, 0.4) is 0 Å². The molecule has 1 N–H and O–H groups in total. The van der Waals surface area contributed by atoms with E-state index < -0.39 is 0 Å². The van der Waals surface area contributed by atoms with Crippen LogP contribution in [-0.4, -0.2) is 4.98 Å². The number of pyridine rings is 1. The van der Waals surface area contributed by atoms with E-state index in [4.69, 9.17) is 0 Å². The van der Waals surface area contributed by atoms with Crippen LogP contribution >= 0.6 is 0 Å². The van der Waals surface area contributed by atoms with Gasteiger partial charge in [-0.15, -0.1) is 0 Å². The van der Waals surface area contributed by atoms with Gasteiger partial charge in [-0.2, -0.15) is 0 Å². The van der Waals surface area contributed by atoms with E-state index in [1.165, 1.54) is 11.1 Å². The van der Waals surface area contributed by atoms with Gasteiger partial charge >= 0.3 is 0 Å². The molecular weight excluding hydrogens is 232 g/mol. The summed E-state index contributed by atoms with van der Waals surface area (Å²) in [6.07, 6.45) is 1.85. The standard InChI is InChI=1S/C17H16N2/c1-12-7-8-16-14(11-12)17(9-10-18-16)19-15-6-4-3-5-13(15)2/h3-11H,1-2H3,(H,18,19). The minimum atomic E-state index is 1.02. The van der Waals surface area contributed by atoms with E-state index in [1.54, 1.807) is 0 Å². The van der Waals surface area contributed by atoms with Gasteiger partial charge in [-0.1, -0.05) is 29.8 Å². The SMILES string of the molecule is Cc1ccc2nccc(Nc3ccccc3C)c2c1. The first kappa shape index (κ1) is 11.7. The molecule has 0 radical (unpaired) electrons. The number of hydrogen-bond donors (Lipinski definition) is 1. The monoisotopic (exact) mass is 248 g/mol. The summed E-state index contributed by atoms with van der Waals surface area (Å²) >= 11 is 0. The van der Waals surface area contributed by atoms with Crippen molar-refractivity contribution in [2.75, 3.05) is 5.32 Å². The van der Waals surface area contributed by atoms with Gasteiger partial charge in [-0.3, -0.25) is 4.98 Å². The Hall–Kier alpha value is -2.35. The molecule has 0 atom stereocenters. The topological polar surface area (TPSA) is 24.9 Å². The van der Waals surface area contributed by atoms with Crippen molar-refractivity contribution in [3.8, 4) is 0 Å². The second-order valence-corrected chi connectivity index (χ2v) is 4.82. The molecule has 2 nitrogen and oxygen atoms in total. The van der Waals surface area contributed by atoms with Gasteiger partial charge in [0.2, 0.25) is 0 Å². The zero-order valence-electron chi connectivity index (χ0n) is 11.1. The van der Waals surface area contributed by atoms with Crippen LogP contribution in [0.5, 0.6) is 0 Å². The Bertz CT molecular complexity index is 732. The van der Waals surface area contributed by atoms with Gasteiger partial charge < -0.3 is 5.32 Å². The molecule has 0 bridgehead atoms. The minimum Gasteiger partial charge on any atom is -0.355 e. The number of aromatic nitrogens is 1. The van der Waals surface area contributed by atoms with E-state index in [1.807, 2.05) is 18.3 Å². The summed E-state index contributed by atoms with van der Waals surface area (Å²) in [5, 5.41) is 4.66. The summed E-state index contributed by atoms with van der Waals surface area (Å²) in [6.45, 7) is 4.21. The van der Waals surface area contributed by atoms with Crippen LogP contribution in [0.25, 0.3) is 10.9 Å². The number of anilines is 2. The lowest BCUT2D eigenvalue weighted by molar-refractivity contribution is 1.38. The molecule has 19 heavy (non-hydrogen) atoms. The molecule has 0 saturated heterocycles. The molecule has 3 aromatic rings. The number of rotatable bonds is 2. The Morgan fingerprint density at radius 3 is 2.58 bits per heavy atom. The number of benzene rings is 2. The predicted octanol–water partition coefficient (Wildman–Crippen LogP) is 4.60. The Kier molecular flexibility index (Phi) is 2.92. The van der Waals surface area contributed by atoms with Crippen LogP contribution in [0, 0.1) is 13.8 Å². The smallest absolute Gasteiger partial charge is 0.0723 e. The largest absolute Gasteiger partial charge is 0.355 e. The lowest BCUT2D eigenvalue weighted by Crippen LogP contribution is -1.94. The Labute approximate surface area is 113 Å². The van der Waals surface area contributed by atoms with Gasteiger partial charge in [0.1, 0.15) is 0 Å². The van der Waals surface area contributed by atoms with Crippen LogP contribution in [0.4, 0.5) is 11.4 Å². The highest BCUT2D eigenvalue weighted by Crippen LogP contribution is 2.27. The van der Waals surface area contributed by atoms with Crippen molar-refractivity contribution < 1.29 is 0 Å². The highest BCUT2D eigenvalue weighted by atomic mass is 14.9. The van der Waals surface area contributed by atoms with E-state index in [-0.39, 0.29) is 0 Å². The highest BCUT2D eigenvalue weighted by Gasteiger charge is 2.04. The molecule has 2 aromatic carbocycles. The maximum atomic E-state index is 4.41. The van der Waals surface area contributed by atoms with Gasteiger partial charge in [0, 0.05) is 23.0 Å². The van der Waals surface area contributed by atoms with Crippen molar-refractivity contribution >= 4 is 22.3 Å². The number of nitrogens with one attached hydrogen (secondary N) is 1. The first-order valence-electron chi connectivity index (χ1n) is 6.42. The van der Waals surface area contributed by atoms with Crippen LogP contribution < -0.4 is 5.32 Å². The lowest BCUT2D eigenvalue weighted by Gasteiger charge is -2.12. The summed E-state index contributed by atoms with van der Waals surface area (Å²) in [5.41, 5.74) is 5.73. The third-order valence-corrected chi connectivity index (χ3v) is 3.31. The molecular formula is C17H16N2. The molecule has 3 rings (SSSR count). The maximum absolute atomic E-state index is 4.41. The van der Waals surface area contributed by atoms with Gasteiger partial charge in [0.15, 0.2) is 0 Å². The summed E-state index contributed by atoms with van der Waals surface area (Å²) in [7, 11) is 0. The number of fused-ring (bicyclic) bond motifs is 1. The fourth-order valence-electron chi connectivity index (χ4n) is 2.23. The third kappa shape index (κ3) is 2.29. The van der Waals surface area contributed by atoms with E-state index in [0.29, 0.717) is 0 Å². The average Bonchev–Trinajstić information content (AvgIpc) is 2.42. The van der Waals surface area contributed by atoms with E-state index >= 15 is 0 Å². The van der Waals surface area contributed by atoms with E-state index in [9.17, 15) is 0 Å². The average molecular weight is 248 g/mol. The Balaban J connectivity index is 2.10. The molecule has 0 amide bonds. The number of aryl methyl sites for hydroxylation is 2. The van der Waals surface area contributed by atoms with E-state index in [2.05, 4.69) is 60.5 Å². The molecule has 1 heterocycles. The first-order chi connectivity index (χ1) is 9.24. The summed E-state index contributed by atoms with van der Waals surface area (Å²) < 4.78 is 0. The summed E-state index contributed by atoms with van der Waals surface area (Å²) in [6, 6.07) is 16.6. The normalized spacial score (nSPS) is 10.6. The van der Waals surface area contributed by atoms with Crippen molar-refractivity contribution in [3.63, 3.8) is 0 Å². The van der Waals surface area contributed by atoms with Crippen molar-refractivity contribution in [2.24, 2.45) is 0 Å². The lowest BCUT2D eigenvalue weighted by atomic mass is 10.1. The van der Waals surface area contributed by atoms with Crippen LogP contribution in [0.2, 0.25) is 0 Å². The predicted molar refractivity (Wildman–Crippen MR) is 80.9 cm³/mol. The minimum absolute atomic E-state index is 1.02. The van der Waals surface area contributed by atoms with Gasteiger partial charge in [-0.05, 0) is 43.7 Å². The third-order valence-electron chi connectivity index (χ3n) is 3.31. The van der Waals surface area contributed by atoms with E-state index in [0.717, 1.165) is 22.3 Å². The van der Waals surface area contributed by atoms with Gasteiger partial charge in [-0.25, -0.2) is 0 Å². The quantitative estimate of drug-likeness (QED) is 0.717. The summed E-state index contributed by atoms with van der Waals surface area (Å²) in [5.74, 6) is 0. The van der Waals surface area contributed by atoms with Crippen LogP contribution in [0.15, 0.2) is 54.7 Å². The van der Waals surface area contributed by atoms with Gasteiger partial charge in [0.25, 0.3) is 0 Å². The summed E-state index contributed by atoms with van der Waals surface area (Å²) in [4.78, 5) is 4.41. The number of hydrogen-bond acceptors (Lipinski definition) is 2. The molecule has 0 saturated carbocycles. The Morgan fingerprint density at radius 2 is 1.74 bits per heavy atom. The second kappa shape index (κ2) is 4.73. The molecule has 0 spiro atoms. The van der Waals surface area contributed by atoms with Crippen molar-refractivity contribution in [1.29, 1.82) is 0 Å². The fraction of sp³-hybridized carbons (Fsp3) is 0.118. The molecule has 0 unspecified atom stereocenters. The molecule has 2 heteroatoms. The zero-order chi connectivity index (χ0) is 13.2. The van der Waals surface area contributed by atoms with Crippen LogP contribution in [0.1, 0.15) is 11.1 Å². The Morgan fingerprint density at radius 1 is 0.895 bits per heavy atom. The molecule has 0 aliphatic rings. The molecule has 0 aliphatic carbocycles. The van der Waals surface area contributed by atoms with Crippen molar-refractivity contribution in [3.05, 3.63) is 65.9 Å². The first-order valence-corrected chi connectivity index (χ1v) is 6.42. The molecule has 0 aliphatic heterocycles. The maximum Gasteiger partial charge on any atom is 0.0723 e. The molecule has 94 valence electrons. The molecule has 0 fully saturated rings. The number of nitrogens with zero attached hydrogens (tertiary/aromatic N) is 1.